The summed E-state index contributed by atoms with van der Waals surface area (Å²) in [6.45, 7) is 12.0. The molecule has 0 fully saturated rings. The van der Waals surface area contributed by atoms with Gasteiger partial charge in [0.05, 0.1) is 7.11 Å². The van der Waals surface area contributed by atoms with E-state index in [9.17, 15) is 19.2 Å². The molecule has 0 spiro atoms. The number of aryl methyl sites for hydroxylation is 2. The molecule has 3 atom stereocenters. The van der Waals surface area contributed by atoms with Gasteiger partial charge < -0.3 is 20.1 Å². The molecular formula is C26H37N3O6. The van der Waals surface area contributed by atoms with Crippen molar-refractivity contribution in [3.63, 3.8) is 0 Å². The van der Waals surface area contributed by atoms with E-state index >= 15 is 0 Å². The summed E-state index contributed by atoms with van der Waals surface area (Å²) in [5.74, 6) is -2.27. The molecule has 9 nitrogen and oxygen atoms in total. The van der Waals surface area contributed by atoms with Gasteiger partial charge in [0.25, 0.3) is 5.91 Å². The molecule has 3 unspecified atom stereocenters. The monoisotopic (exact) mass is 487 g/mol. The summed E-state index contributed by atoms with van der Waals surface area (Å²) in [5, 5.41) is 5.10. The van der Waals surface area contributed by atoms with Crippen molar-refractivity contribution >= 4 is 23.9 Å². The van der Waals surface area contributed by atoms with Crippen molar-refractivity contribution in [3.8, 4) is 12.5 Å². The summed E-state index contributed by atoms with van der Waals surface area (Å²) in [4.78, 5) is 52.1. The number of alkyl carbamates (subject to hydrolysis) is 1. The Balaban J connectivity index is 3.48. The first-order valence-corrected chi connectivity index (χ1v) is 11.5. The van der Waals surface area contributed by atoms with Crippen LogP contribution in [-0.4, -0.2) is 54.1 Å². The highest BCUT2D eigenvalue weighted by molar-refractivity contribution is 5.94. The summed E-state index contributed by atoms with van der Waals surface area (Å²) in [7, 11) is 1.20. The number of carbonyl (C=O) groups excluding carboxylic acids is 4. The lowest BCUT2D eigenvalue weighted by molar-refractivity contribution is -0.143. The lowest BCUT2D eigenvalue weighted by atomic mass is 9.94. The van der Waals surface area contributed by atoms with E-state index in [2.05, 4.69) is 21.4 Å². The van der Waals surface area contributed by atoms with Crippen LogP contribution in [0.2, 0.25) is 0 Å². The van der Waals surface area contributed by atoms with Crippen molar-refractivity contribution in [1.82, 2.24) is 15.5 Å². The van der Waals surface area contributed by atoms with Gasteiger partial charge >= 0.3 is 12.1 Å². The van der Waals surface area contributed by atoms with E-state index < -0.39 is 48.1 Å². The largest absolute Gasteiger partial charge is 0.468 e. The number of terminal acetylenes is 1. The maximum absolute atomic E-state index is 13.7. The van der Waals surface area contributed by atoms with Crippen LogP contribution >= 0.6 is 0 Å². The van der Waals surface area contributed by atoms with Gasteiger partial charge in [-0.05, 0) is 51.7 Å². The van der Waals surface area contributed by atoms with Crippen LogP contribution in [0.5, 0.6) is 0 Å². The van der Waals surface area contributed by atoms with Gasteiger partial charge in [-0.2, -0.15) is 0 Å². The van der Waals surface area contributed by atoms with Crippen LogP contribution < -0.4 is 10.6 Å². The molecule has 0 aliphatic heterocycles. The maximum Gasteiger partial charge on any atom is 0.408 e. The van der Waals surface area contributed by atoms with Gasteiger partial charge in [-0.25, -0.2) is 4.79 Å². The molecule has 0 bridgehead atoms. The minimum absolute atomic E-state index is 0.316. The molecule has 1 aromatic rings. The molecule has 0 heterocycles. The molecule has 0 saturated heterocycles. The fourth-order valence-electron chi connectivity index (χ4n) is 3.31. The van der Waals surface area contributed by atoms with Crippen LogP contribution in [0.4, 0.5) is 4.79 Å². The highest BCUT2D eigenvalue weighted by atomic mass is 16.6. The fraction of sp³-hybridized carbons (Fsp3) is 0.538. The van der Waals surface area contributed by atoms with Gasteiger partial charge in [0.2, 0.25) is 5.91 Å². The Hall–Kier alpha value is -3.54. The lowest BCUT2D eigenvalue weighted by Crippen LogP contribution is -2.54. The number of nitrogens with zero attached hydrogens (tertiary/aromatic N) is 1. The summed E-state index contributed by atoms with van der Waals surface area (Å²) in [5.41, 5.74) is 1.31. The predicted octanol–water partition coefficient (Wildman–Crippen LogP) is 2.99. The minimum atomic E-state index is -1.25. The van der Waals surface area contributed by atoms with Crippen molar-refractivity contribution in [1.29, 1.82) is 0 Å². The molecule has 0 saturated carbocycles. The van der Waals surface area contributed by atoms with E-state index in [0.717, 1.165) is 16.0 Å². The lowest BCUT2D eigenvalue weighted by Gasteiger charge is -2.33. The molecule has 1 aromatic carbocycles. The van der Waals surface area contributed by atoms with Crippen LogP contribution in [0.3, 0.4) is 0 Å². The predicted molar refractivity (Wildman–Crippen MR) is 132 cm³/mol. The number of hydrogen-bond donors (Lipinski definition) is 2. The second-order valence-electron chi connectivity index (χ2n) is 9.40. The number of esters is 1. The first kappa shape index (κ1) is 29.5. The first-order valence-electron chi connectivity index (χ1n) is 11.5. The van der Waals surface area contributed by atoms with Crippen LogP contribution in [0.15, 0.2) is 18.2 Å². The molecule has 0 radical (unpaired) electrons. The van der Waals surface area contributed by atoms with Crippen LogP contribution in [0, 0.1) is 32.2 Å². The zero-order chi connectivity index (χ0) is 26.9. The SMILES string of the molecule is C#CN(C(=O)C(NC(=O)OC(C)(C)C)C(C)CC)C(C(=O)NCC(=O)OC)c1cc(C)ccc1C. The molecule has 9 heteroatoms. The summed E-state index contributed by atoms with van der Waals surface area (Å²) in [6, 6.07) is 5.47. The number of hydrogen-bond acceptors (Lipinski definition) is 6. The summed E-state index contributed by atoms with van der Waals surface area (Å²) in [6.07, 6.45) is 5.55. The number of nitrogens with one attached hydrogen (secondary N) is 2. The van der Waals surface area contributed by atoms with E-state index in [1.54, 1.807) is 40.7 Å². The van der Waals surface area contributed by atoms with Crippen molar-refractivity contribution in [2.45, 2.75) is 72.6 Å². The number of amides is 3. The summed E-state index contributed by atoms with van der Waals surface area (Å²) < 4.78 is 9.92. The average Bonchev–Trinajstić information content (AvgIpc) is 2.78. The van der Waals surface area contributed by atoms with Gasteiger partial charge in [-0.15, -0.1) is 0 Å². The van der Waals surface area contributed by atoms with Crippen molar-refractivity contribution in [2.24, 2.45) is 5.92 Å². The molecule has 2 N–H and O–H groups in total. The normalized spacial score (nSPS) is 13.5. The third-order valence-corrected chi connectivity index (χ3v) is 5.40. The minimum Gasteiger partial charge on any atom is -0.468 e. The van der Waals surface area contributed by atoms with Crippen molar-refractivity contribution in [2.75, 3.05) is 13.7 Å². The average molecular weight is 488 g/mol. The van der Waals surface area contributed by atoms with E-state index in [1.807, 2.05) is 26.0 Å². The molecule has 35 heavy (non-hydrogen) atoms. The van der Waals surface area contributed by atoms with E-state index in [1.165, 1.54) is 7.11 Å². The topological polar surface area (TPSA) is 114 Å². The van der Waals surface area contributed by atoms with Crippen molar-refractivity contribution in [3.05, 3.63) is 34.9 Å². The molecule has 192 valence electrons. The zero-order valence-corrected chi connectivity index (χ0v) is 21.9. The number of benzene rings is 1. The Morgan fingerprint density at radius 2 is 1.80 bits per heavy atom. The third-order valence-electron chi connectivity index (χ3n) is 5.40. The van der Waals surface area contributed by atoms with Gasteiger partial charge in [0.15, 0.2) is 0 Å². The zero-order valence-electron chi connectivity index (χ0n) is 21.9. The molecule has 0 aromatic heterocycles. The highest BCUT2D eigenvalue weighted by Gasteiger charge is 2.38. The van der Waals surface area contributed by atoms with Crippen LogP contribution in [0.25, 0.3) is 0 Å². The molecule has 3 amide bonds. The smallest absolute Gasteiger partial charge is 0.408 e. The second-order valence-corrected chi connectivity index (χ2v) is 9.40. The fourth-order valence-corrected chi connectivity index (χ4v) is 3.31. The quantitative estimate of drug-likeness (QED) is 0.314. The number of ether oxygens (including phenoxy) is 2. The molecule has 0 aliphatic carbocycles. The highest BCUT2D eigenvalue weighted by Crippen LogP contribution is 2.27. The Morgan fingerprint density at radius 1 is 1.17 bits per heavy atom. The van der Waals surface area contributed by atoms with Crippen LogP contribution in [0.1, 0.15) is 63.8 Å². The van der Waals surface area contributed by atoms with E-state index in [4.69, 9.17) is 11.2 Å². The second kappa shape index (κ2) is 12.8. The number of carbonyl (C=O) groups is 4. The molecule has 0 aliphatic rings. The third kappa shape index (κ3) is 8.63. The number of rotatable bonds is 9. The standard InChI is InChI=1S/C26H37N3O6/c1-10-17(4)21(28-25(33)35-26(6,7)8)24(32)29(11-2)22(23(31)27-15-20(30)34-9)19-14-16(3)12-13-18(19)5/h2,12-14,17,21-22H,10,15H2,1,3-9H3,(H,27,31)(H,28,33). The number of methoxy groups -OCH3 is 1. The Kier molecular flexibility index (Phi) is 10.8. The molecule has 1 rings (SSSR count). The van der Waals surface area contributed by atoms with E-state index in [0.29, 0.717) is 12.0 Å². The Labute approximate surface area is 207 Å². The van der Waals surface area contributed by atoms with Gasteiger partial charge in [0.1, 0.15) is 24.2 Å². The van der Waals surface area contributed by atoms with Crippen molar-refractivity contribution < 1.29 is 28.7 Å². The van der Waals surface area contributed by atoms with E-state index in [-0.39, 0.29) is 5.92 Å². The Bertz CT molecular complexity index is 976. The maximum atomic E-state index is 13.7. The van der Waals surface area contributed by atoms with Gasteiger partial charge in [-0.1, -0.05) is 50.5 Å². The van der Waals surface area contributed by atoms with Gasteiger partial charge in [-0.3, -0.25) is 19.3 Å². The van der Waals surface area contributed by atoms with Gasteiger partial charge in [0, 0.05) is 6.04 Å². The first-order chi connectivity index (χ1) is 16.2. The van der Waals surface area contributed by atoms with Crippen LogP contribution in [-0.2, 0) is 23.9 Å². The Morgan fingerprint density at radius 3 is 2.31 bits per heavy atom. The summed E-state index contributed by atoms with van der Waals surface area (Å²) >= 11 is 0. The molecular weight excluding hydrogens is 450 g/mol.